The first-order valence-electron chi connectivity index (χ1n) is 8.59. The van der Waals surface area contributed by atoms with Crippen LogP contribution in [0.25, 0.3) is 0 Å². The zero-order valence-electron chi connectivity index (χ0n) is 14.1. The molecule has 1 aromatic carbocycles. The molecule has 1 N–H and O–H groups in total. The maximum absolute atomic E-state index is 12.2. The summed E-state index contributed by atoms with van der Waals surface area (Å²) >= 11 is 0. The predicted octanol–water partition coefficient (Wildman–Crippen LogP) is 2.24. The Kier molecular flexibility index (Phi) is 4.97. The molecule has 3 rings (SSSR count). The lowest BCUT2D eigenvalue weighted by molar-refractivity contribution is -0.121. The highest BCUT2D eigenvalue weighted by molar-refractivity contribution is 7.90. The second-order valence-electron chi connectivity index (χ2n) is 7.12. The SMILES string of the molecule is CS(=O)(=O)c1ccc(CC(=O)NC2COC3(CCCCC3)C2)cc1. The molecule has 1 atom stereocenters. The van der Waals surface area contributed by atoms with Crippen molar-refractivity contribution in [1.82, 2.24) is 5.32 Å². The number of nitrogens with one attached hydrogen (secondary N) is 1. The van der Waals surface area contributed by atoms with Crippen LogP contribution in [0.5, 0.6) is 0 Å². The van der Waals surface area contributed by atoms with Gasteiger partial charge in [0, 0.05) is 6.26 Å². The van der Waals surface area contributed by atoms with Crippen molar-refractivity contribution in [2.75, 3.05) is 12.9 Å². The van der Waals surface area contributed by atoms with Crippen molar-refractivity contribution in [3.05, 3.63) is 29.8 Å². The molecular formula is C18H25NO4S. The molecule has 1 unspecified atom stereocenters. The van der Waals surface area contributed by atoms with Crippen molar-refractivity contribution in [3.8, 4) is 0 Å². The van der Waals surface area contributed by atoms with Crippen LogP contribution in [-0.2, 0) is 25.8 Å². The molecule has 0 radical (unpaired) electrons. The Balaban J connectivity index is 1.53. The van der Waals surface area contributed by atoms with Gasteiger partial charge in [-0.05, 0) is 37.0 Å². The van der Waals surface area contributed by atoms with Crippen LogP contribution in [0.1, 0.15) is 44.1 Å². The Bertz CT molecular complexity index is 690. The molecule has 5 nitrogen and oxygen atoms in total. The first-order chi connectivity index (χ1) is 11.4. The van der Waals surface area contributed by atoms with Crippen molar-refractivity contribution in [1.29, 1.82) is 0 Å². The highest BCUT2D eigenvalue weighted by atomic mass is 32.2. The van der Waals surface area contributed by atoms with Gasteiger partial charge in [-0.1, -0.05) is 31.4 Å². The molecule has 0 aromatic heterocycles. The third-order valence-corrected chi connectivity index (χ3v) is 6.18. The lowest BCUT2D eigenvalue weighted by Gasteiger charge is -2.32. The second-order valence-corrected chi connectivity index (χ2v) is 9.13. The topological polar surface area (TPSA) is 72.5 Å². The standard InChI is InChI=1S/C18H25NO4S/c1-24(21,22)16-7-5-14(6-8-16)11-17(20)19-15-12-18(23-13-15)9-3-2-4-10-18/h5-8,15H,2-4,9-13H2,1H3,(H,19,20). The molecule has 1 saturated heterocycles. The van der Waals surface area contributed by atoms with E-state index >= 15 is 0 Å². The van der Waals surface area contributed by atoms with E-state index in [0.29, 0.717) is 6.61 Å². The van der Waals surface area contributed by atoms with Crippen LogP contribution >= 0.6 is 0 Å². The quantitative estimate of drug-likeness (QED) is 0.903. The van der Waals surface area contributed by atoms with Crippen LogP contribution < -0.4 is 5.32 Å². The third kappa shape index (κ3) is 4.16. The Labute approximate surface area is 143 Å². The van der Waals surface area contributed by atoms with E-state index in [4.69, 9.17) is 4.74 Å². The Morgan fingerprint density at radius 3 is 2.50 bits per heavy atom. The average molecular weight is 351 g/mol. The van der Waals surface area contributed by atoms with E-state index in [1.54, 1.807) is 24.3 Å². The largest absolute Gasteiger partial charge is 0.373 e. The van der Waals surface area contributed by atoms with Gasteiger partial charge in [0.15, 0.2) is 9.84 Å². The Morgan fingerprint density at radius 1 is 1.21 bits per heavy atom. The number of hydrogen-bond acceptors (Lipinski definition) is 4. The minimum Gasteiger partial charge on any atom is -0.373 e. The van der Waals surface area contributed by atoms with Crippen molar-refractivity contribution >= 4 is 15.7 Å². The van der Waals surface area contributed by atoms with Crippen LogP contribution in [0, 0.1) is 0 Å². The van der Waals surface area contributed by atoms with Gasteiger partial charge in [0.25, 0.3) is 0 Å². The first kappa shape index (κ1) is 17.4. The highest BCUT2D eigenvalue weighted by Crippen LogP contribution is 2.39. The Hall–Kier alpha value is -1.40. The molecule has 1 aromatic rings. The average Bonchev–Trinajstić information content (AvgIpc) is 2.89. The van der Waals surface area contributed by atoms with Crippen LogP contribution in [0.3, 0.4) is 0 Å². The monoisotopic (exact) mass is 351 g/mol. The van der Waals surface area contributed by atoms with Gasteiger partial charge >= 0.3 is 0 Å². The molecule has 1 spiro atoms. The summed E-state index contributed by atoms with van der Waals surface area (Å²) in [6.07, 6.45) is 8.26. The lowest BCUT2D eigenvalue weighted by Crippen LogP contribution is -2.38. The van der Waals surface area contributed by atoms with Gasteiger partial charge in [-0.25, -0.2) is 8.42 Å². The molecule has 1 saturated carbocycles. The summed E-state index contributed by atoms with van der Waals surface area (Å²) in [5.41, 5.74) is 0.805. The van der Waals surface area contributed by atoms with Gasteiger partial charge in [0.2, 0.25) is 5.91 Å². The number of carbonyl (C=O) groups excluding carboxylic acids is 1. The first-order valence-corrected chi connectivity index (χ1v) is 10.5. The fourth-order valence-electron chi connectivity index (χ4n) is 3.80. The summed E-state index contributed by atoms with van der Waals surface area (Å²) in [6.45, 7) is 0.596. The number of carbonyl (C=O) groups is 1. The number of sulfone groups is 1. The molecule has 1 aliphatic heterocycles. The zero-order chi connectivity index (χ0) is 17.2. The van der Waals surface area contributed by atoms with E-state index in [-0.39, 0.29) is 28.9 Å². The van der Waals surface area contributed by atoms with Crippen LogP contribution in [0.4, 0.5) is 0 Å². The minimum absolute atomic E-state index is 0.00662. The smallest absolute Gasteiger partial charge is 0.224 e. The van der Waals surface area contributed by atoms with Crippen LogP contribution in [-0.4, -0.2) is 38.8 Å². The molecule has 1 heterocycles. The fourth-order valence-corrected chi connectivity index (χ4v) is 4.43. The van der Waals surface area contributed by atoms with Crippen molar-refractivity contribution in [2.45, 2.75) is 61.5 Å². The number of hydrogen-bond donors (Lipinski definition) is 1. The van der Waals surface area contributed by atoms with Gasteiger partial charge in [-0.3, -0.25) is 4.79 Å². The highest BCUT2D eigenvalue weighted by Gasteiger charge is 2.41. The van der Waals surface area contributed by atoms with E-state index < -0.39 is 9.84 Å². The van der Waals surface area contributed by atoms with Gasteiger partial charge < -0.3 is 10.1 Å². The summed E-state index contributed by atoms with van der Waals surface area (Å²) in [4.78, 5) is 12.5. The van der Waals surface area contributed by atoms with E-state index in [2.05, 4.69) is 5.32 Å². The van der Waals surface area contributed by atoms with Gasteiger partial charge in [0.1, 0.15) is 0 Å². The molecule has 6 heteroatoms. The summed E-state index contributed by atoms with van der Waals surface area (Å²) in [5, 5.41) is 3.06. The third-order valence-electron chi connectivity index (χ3n) is 5.06. The normalized spacial score (nSPS) is 23.3. The molecule has 24 heavy (non-hydrogen) atoms. The molecule has 0 bridgehead atoms. The maximum atomic E-state index is 12.2. The molecule has 1 amide bonds. The molecule has 2 aliphatic rings. The van der Waals surface area contributed by atoms with Crippen molar-refractivity contribution in [3.63, 3.8) is 0 Å². The van der Waals surface area contributed by atoms with E-state index in [9.17, 15) is 13.2 Å². The lowest BCUT2D eigenvalue weighted by atomic mass is 9.82. The van der Waals surface area contributed by atoms with Crippen LogP contribution in [0.15, 0.2) is 29.2 Å². The number of ether oxygens (including phenoxy) is 1. The fraction of sp³-hybridized carbons (Fsp3) is 0.611. The van der Waals surface area contributed by atoms with Crippen molar-refractivity contribution < 1.29 is 17.9 Å². The second kappa shape index (κ2) is 6.84. The van der Waals surface area contributed by atoms with Crippen molar-refractivity contribution in [2.24, 2.45) is 0 Å². The number of rotatable bonds is 4. The van der Waals surface area contributed by atoms with Gasteiger partial charge in [-0.2, -0.15) is 0 Å². The van der Waals surface area contributed by atoms with E-state index in [0.717, 1.165) is 24.8 Å². The summed E-state index contributed by atoms with van der Waals surface area (Å²) in [7, 11) is -3.20. The number of benzene rings is 1. The number of amides is 1. The maximum Gasteiger partial charge on any atom is 0.224 e. The summed E-state index contributed by atoms with van der Waals surface area (Å²) in [6, 6.07) is 6.58. The predicted molar refractivity (Wildman–Crippen MR) is 91.6 cm³/mol. The molecular weight excluding hydrogens is 326 g/mol. The Morgan fingerprint density at radius 2 is 1.88 bits per heavy atom. The summed E-state index contributed by atoms with van der Waals surface area (Å²) < 4.78 is 28.9. The molecule has 2 fully saturated rings. The van der Waals surface area contributed by atoms with Gasteiger partial charge in [0.05, 0.1) is 29.6 Å². The minimum atomic E-state index is -3.20. The van der Waals surface area contributed by atoms with E-state index in [1.165, 1.54) is 25.5 Å². The zero-order valence-corrected chi connectivity index (χ0v) is 14.9. The van der Waals surface area contributed by atoms with Crippen LogP contribution in [0.2, 0.25) is 0 Å². The van der Waals surface area contributed by atoms with Gasteiger partial charge in [-0.15, -0.1) is 0 Å². The van der Waals surface area contributed by atoms with E-state index in [1.807, 2.05) is 0 Å². The molecule has 1 aliphatic carbocycles. The molecule has 132 valence electrons. The summed E-state index contributed by atoms with van der Waals surface area (Å²) in [5.74, 6) is -0.0384.